The molecule has 0 amide bonds. The summed E-state index contributed by atoms with van der Waals surface area (Å²) in [5.74, 6) is 0.782. The number of benzene rings is 1. The van der Waals surface area contributed by atoms with Crippen LogP contribution in [0, 0.1) is 0 Å². The number of hydrogen-bond donors (Lipinski definition) is 1. The predicted octanol–water partition coefficient (Wildman–Crippen LogP) is 2.37. The van der Waals surface area contributed by atoms with Crippen molar-refractivity contribution >= 4 is 11.6 Å². The molecule has 0 spiro atoms. The second-order valence-corrected chi connectivity index (χ2v) is 4.16. The van der Waals surface area contributed by atoms with Crippen LogP contribution in [0.1, 0.15) is 18.4 Å². The first-order valence-electron chi connectivity index (χ1n) is 4.67. The topological polar surface area (TPSA) is 29.5 Å². The smallest absolute Gasteiger partial charge is 0.124 e. The molecule has 1 aromatic carbocycles. The Kier molecular flexibility index (Phi) is 2.41. The first-order chi connectivity index (χ1) is 6.73. The predicted molar refractivity (Wildman–Crippen MR) is 56.0 cm³/mol. The summed E-state index contributed by atoms with van der Waals surface area (Å²) < 4.78 is 5.26. The molecule has 0 unspecified atom stereocenters. The quantitative estimate of drug-likeness (QED) is 0.834. The third-order valence-corrected chi connectivity index (χ3v) is 3.20. The SMILES string of the molecule is COc1cccc(Cl)c1C1(CO)CC1. The van der Waals surface area contributed by atoms with E-state index in [0.29, 0.717) is 5.02 Å². The number of methoxy groups -OCH3 is 1. The van der Waals surface area contributed by atoms with E-state index in [1.807, 2.05) is 18.2 Å². The molecule has 14 heavy (non-hydrogen) atoms. The Bertz CT molecular complexity index is 345. The Labute approximate surface area is 88.5 Å². The van der Waals surface area contributed by atoms with Crippen molar-refractivity contribution in [2.75, 3.05) is 13.7 Å². The van der Waals surface area contributed by atoms with E-state index in [-0.39, 0.29) is 12.0 Å². The van der Waals surface area contributed by atoms with E-state index in [0.717, 1.165) is 24.2 Å². The largest absolute Gasteiger partial charge is 0.496 e. The van der Waals surface area contributed by atoms with Gasteiger partial charge in [0, 0.05) is 16.0 Å². The zero-order valence-electron chi connectivity index (χ0n) is 8.09. The number of aliphatic hydroxyl groups is 1. The van der Waals surface area contributed by atoms with Crippen LogP contribution in [0.25, 0.3) is 0 Å². The molecule has 3 heteroatoms. The highest BCUT2D eigenvalue weighted by Crippen LogP contribution is 2.53. The van der Waals surface area contributed by atoms with Crippen molar-refractivity contribution in [3.05, 3.63) is 28.8 Å². The van der Waals surface area contributed by atoms with Gasteiger partial charge in [0.25, 0.3) is 0 Å². The van der Waals surface area contributed by atoms with E-state index in [9.17, 15) is 5.11 Å². The van der Waals surface area contributed by atoms with Gasteiger partial charge in [0.15, 0.2) is 0 Å². The van der Waals surface area contributed by atoms with Crippen molar-refractivity contribution in [3.63, 3.8) is 0 Å². The van der Waals surface area contributed by atoms with Gasteiger partial charge < -0.3 is 9.84 Å². The minimum atomic E-state index is -0.135. The maximum Gasteiger partial charge on any atom is 0.124 e. The normalized spacial score (nSPS) is 17.9. The van der Waals surface area contributed by atoms with E-state index < -0.39 is 0 Å². The van der Waals surface area contributed by atoms with Crippen molar-refractivity contribution in [1.82, 2.24) is 0 Å². The van der Waals surface area contributed by atoms with Crippen LogP contribution in [0.3, 0.4) is 0 Å². The fourth-order valence-corrected chi connectivity index (χ4v) is 2.19. The maximum absolute atomic E-state index is 9.34. The maximum atomic E-state index is 9.34. The molecule has 0 saturated heterocycles. The molecule has 0 heterocycles. The second kappa shape index (κ2) is 3.44. The Morgan fingerprint density at radius 1 is 1.50 bits per heavy atom. The highest BCUT2D eigenvalue weighted by atomic mass is 35.5. The van der Waals surface area contributed by atoms with Crippen molar-refractivity contribution in [2.45, 2.75) is 18.3 Å². The fourth-order valence-electron chi connectivity index (χ4n) is 1.83. The summed E-state index contributed by atoms with van der Waals surface area (Å²) in [5.41, 5.74) is 0.829. The van der Waals surface area contributed by atoms with Crippen LogP contribution in [0.5, 0.6) is 5.75 Å². The molecule has 1 aliphatic rings. The van der Waals surface area contributed by atoms with Gasteiger partial charge in [-0.3, -0.25) is 0 Å². The van der Waals surface area contributed by atoms with Gasteiger partial charge >= 0.3 is 0 Å². The summed E-state index contributed by atoms with van der Waals surface area (Å²) in [6.45, 7) is 0.146. The summed E-state index contributed by atoms with van der Waals surface area (Å²) >= 11 is 6.12. The lowest BCUT2D eigenvalue weighted by Crippen LogP contribution is -2.13. The molecule has 0 bridgehead atoms. The van der Waals surface area contributed by atoms with Crippen LogP contribution in [0.4, 0.5) is 0 Å². The highest BCUT2D eigenvalue weighted by molar-refractivity contribution is 6.31. The number of halogens is 1. The van der Waals surface area contributed by atoms with Gasteiger partial charge in [-0.1, -0.05) is 17.7 Å². The Hall–Kier alpha value is -0.730. The number of rotatable bonds is 3. The number of aliphatic hydroxyl groups excluding tert-OH is 1. The molecular formula is C11H13ClO2. The lowest BCUT2D eigenvalue weighted by Gasteiger charge is -2.17. The van der Waals surface area contributed by atoms with E-state index in [1.165, 1.54) is 0 Å². The Balaban J connectivity index is 2.50. The van der Waals surface area contributed by atoms with Crippen molar-refractivity contribution in [3.8, 4) is 5.75 Å². The van der Waals surface area contributed by atoms with Crippen LogP contribution in [-0.4, -0.2) is 18.8 Å². The average molecular weight is 213 g/mol. The highest BCUT2D eigenvalue weighted by Gasteiger charge is 2.46. The van der Waals surface area contributed by atoms with Crippen LogP contribution >= 0.6 is 11.6 Å². The van der Waals surface area contributed by atoms with Crippen LogP contribution in [0.2, 0.25) is 5.02 Å². The molecule has 0 radical (unpaired) electrons. The molecular weight excluding hydrogens is 200 g/mol. The van der Waals surface area contributed by atoms with Gasteiger partial charge in [-0.2, -0.15) is 0 Å². The molecule has 2 rings (SSSR count). The van der Waals surface area contributed by atoms with Crippen molar-refractivity contribution in [2.24, 2.45) is 0 Å². The van der Waals surface area contributed by atoms with Crippen LogP contribution < -0.4 is 4.74 Å². The number of ether oxygens (including phenoxy) is 1. The molecule has 76 valence electrons. The average Bonchev–Trinajstić information content (AvgIpc) is 2.98. The van der Waals surface area contributed by atoms with Crippen LogP contribution in [-0.2, 0) is 5.41 Å². The Morgan fingerprint density at radius 2 is 2.21 bits per heavy atom. The van der Waals surface area contributed by atoms with Gasteiger partial charge in [0.2, 0.25) is 0 Å². The molecule has 0 atom stereocenters. The summed E-state index contributed by atoms with van der Waals surface area (Å²) in [5, 5.41) is 10.0. The summed E-state index contributed by atoms with van der Waals surface area (Å²) in [7, 11) is 1.63. The molecule has 0 aromatic heterocycles. The first-order valence-corrected chi connectivity index (χ1v) is 5.05. The lowest BCUT2D eigenvalue weighted by atomic mass is 9.96. The standard InChI is InChI=1S/C11H13ClO2/c1-14-9-4-2-3-8(12)10(9)11(7-13)5-6-11/h2-4,13H,5-7H2,1H3. The molecule has 0 aliphatic heterocycles. The van der Waals surface area contributed by atoms with Gasteiger partial charge in [-0.15, -0.1) is 0 Å². The lowest BCUT2D eigenvalue weighted by molar-refractivity contribution is 0.251. The second-order valence-electron chi connectivity index (χ2n) is 3.76. The zero-order chi connectivity index (χ0) is 10.2. The van der Waals surface area contributed by atoms with Crippen molar-refractivity contribution in [1.29, 1.82) is 0 Å². The van der Waals surface area contributed by atoms with Gasteiger partial charge in [-0.05, 0) is 25.0 Å². The molecule has 1 aromatic rings. The Morgan fingerprint density at radius 3 is 2.71 bits per heavy atom. The van der Waals surface area contributed by atoms with Gasteiger partial charge in [0.1, 0.15) is 5.75 Å². The van der Waals surface area contributed by atoms with Crippen molar-refractivity contribution < 1.29 is 9.84 Å². The van der Waals surface area contributed by atoms with E-state index in [4.69, 9.17) is 16.3 Å². The van der Waals surface area contributed by atoms with Crippen LogP contribution in [0.15, 0.2) is 18.2 Å². The van der Waals surface area contributed by atoms with Gasteiger partial charge in [0.05, 0.1) is 13.7 Å². The zero-order valence-corrected chi connectivity index (χ0v) is 8.84. The van der Waals surface area contributed by atoms with E-state index >= 15 is 0 Å². The minimum Gasteiger partial charge on any atom is -0.496 e. The summed E-state index contributed by atoms with van der Waals surface area (Å²) in [4.78, 5) is 0. The molecule has 1 saturated carbocycles. The van der Waals surface area contributed by atoms with E-state index in [2.05, 4.69) is 0 Å². The molecule has 1 N–H and O–H groups in total. The fraction of sp³-hybridized carbons (Fsp3) is 0.455. The third-order valence-electron chi connectivity index (χ3n) is 2.88. The van der Waals surface area contributed by atoms with E-state index in [1.54, 1.807) is 7.11 Å². The van der Waals surface area contributed by atoms with Gasteiger partial charge in [-0.25, -0.2) is 0 Å². The third kappa shape index (κ3) is 1.39. The molecule has 2 nitrogen and oxygen atoms in total. The monoisotopic (exact) mass is 212 g/mol. The molecule has 1 fully saturated rings. The summed E-state index contributed by atoms with van der Waals surface area (Å²) in [6.07, 6.45) is 1.98. The summed E-state index contributed by atoms with van der Waals surface area (Å²) in [6, 6.07) is 5.59. The molecule has 1 aliphatic carbocycles. The minimum absolute atomic E-state index is 0.135. The number of hydrogen-bond acceptors (Lipinski definition) is 2. The first kappa shape index (κ1) is 9.81.